The van der Waals surface area contributed by atoms with Crippen LogP contribution in [0.4, 0.5) is 9.52 Å². The third-order valence-electron chi connectivity index (χ3n) is 5.52. The molecule has 1 amide bonds. The number of aryl methyl sites for hydroxylation is 2. The predicted molar refractivity (Wildman–Crippen MR) is 119 cm³/mol. The van der Waals surface area contributed by atoms with E-state index in [1.165, 1.54) is 36.1 Å². The normalized spacial score (nSPS) is 15.4. The second kappa shape index (κ2) is 7.20. The van der Waals surface area contributed by atoms with Crippen molar-refractivity contribution in [3.05, 3.63) is 91.5 Å². The number of fused-ring (bicyclic) bond motifs is 2. The number of ketones is 1. The molecule has 6 nitrogen and oxygen atoms in total. The topological polar surface area (TPSA) is 80.5 Å². The highest BCUT2D eigenvalue weighted by Crippen LogP contribution is 2.43. The molecule has 1 aliphatic rings. The van der Waals surface area contributed by atoms with Gasteiger partial charge < -0.3 is 4.42 Å². The highest BCUT2D eigenvalue weighted by Gasteiger charge is 2.45. The molecule has 0 saturated carbocycles. The molecule has 0 radical (unpaired) electrons. The molecule has 3 heterocycles. The molecule has 2 aromatic heterocycles. The van der Waals surface area contributed by atoms with Crippen LogP contribution in [-0.4, -0.2) is 16.7 Å². The summed E-state index contributed by atoms with van der Waals surface area (Å²) in [6.07, 6.45) is 0. The smallest absolute Gasteiger partial charge is 0.297 e. The van der Waals surface area contributed by atoms with Crippen LogP contribution >= 0.6 is 11.3 Å². The lowest BCUT2D eigenvalue weighted by Crippen LogP contribution is -2.29. The minimum Gasteiger partial charge on any atom is -0.450 e. The van der Waals surface area contributed by atoms with Crippen molar-refractivity contribution in [2.75, 3.05) is 4.90 Å². The summed E-state index contributed by atoms with van der Waals surface area (Å²) < 4.78 is 19.5. The SMILES string of the molecule is CC(=O)c1sc(N2C(=O)c3oc4ccc(C)cc4c(=O)c3C2c2ccc(F)cc2)nc1C. The molecule has 0 aliphatic carbocycles. The Hall–Kier alpha value is -3.65. The van der Waals surface area contributed by atoms with E-state index in [1.807, 2.05) is 6.92 Å². The Balaban J connectivity index is 1.81. The van der Waals surface area contributed by atoms with Gasteiger partial charge in [-0.2, -0.15) is 0 Å². The number of nitrogens with zero attached hydrogens (tertiary/aromatic N) is 2. The average molecular weight is 448 g/mol. The molecule has 0 N–H and O–H groups in total. The van der Waals surface area contributed by atoms with E-state index in [9.17, 15) is 18.8 Å². The van der Waals surface area contributed by atoms with E-state index in [4.69, 9.17) is 4.42 Å². The Kier molecular flexibility index (Phi) is 4.56. The minimum atomic E-state index is -0.857. The van der Waals surface area contributed by atoms with E-state index in [-0.39, 0.29) is 27.7 Å². The van der Waals surface area contributed by atoms with Crippen LogP contribution in [0.2, 0.25) is 0 Å². The summed E-state index contributed by atoms with van der Waals surface area (Å²) in [6.45, 7) is 4.99. The molecule has 5 rings (SSSR count). The van der Waals surface area contributed by atoms with Crippen LogP contribution in [0.15, 0.2) is 51.7 Å². The number of anilines is 1. The van der Waals surface area contributed by atoms with Crippen LogP contribution in [0.25, 0.3) is 11.0 Å². The second-order valence-electron chi connectivity index (χ2n) is 7.77. The van der Waals surface area contributed by atoms with Crippen molar-refractivity contribution in [3.8, 4) is 0 Å². The van der Waals surface area contributed by atoms with Gasteiger partial charge in [0, 0.05) is 6.92 Å². The Bertz CT molecular complexity index is 1490. The molecule has 1 aliphatic heterocycles. The summed E-state index contributed by atoms with van der Waals surface area (Å²) in [5.74, 6) is -1.20. The zero-order valence-corrected chi connectivity index (χ0v) is 18.2. The monoisotopic (exact) mass is 448 g/mol. The van der Waals surface area contributed by atoms with Gasteiger partial charge in [-0.3, -0.25) is 19.3 Å². The van der Waals surface area contributed by atoms with Gasteiger partial charge >= 0.3 is 0 Å². The molecule has 0 bridgehead atoms. The Morgan fingerprint density at radius 1 is 1.12 bits per heavy atom. The summed E-state index contributed by atoms with van der Waals surface area (Å²) in [4.78, 5) is 45.3. The van der Waals surface area contributed by atoms with Crippen molar-refractivity contribution in [1.82, 2.24) is 4.98 Å². The molecular formula is C24H17FN2O4S. The number of amides is 1. The number of thiazole rings is 1. The van der Waals surface area contributed by atoms with Crippen molar-refractivity contribution in [1.29, 1.82) is 0 Å². The van der Waals surface area contributed by atoms with E-state index in [2.05, 4.69) is 4.98 Å². The van der Waals surface area contributed by atoms with Gasteiger partial charge in [0.1, 0.15) is 11.4 Å². The van der Waals surface area contributed by atoms with E-state index in [1.54, 1.807) is 25.1 Å². The zero-order chi connectivity index (χ0) is 22.7. The fourth-order valence-corrected chi connectivity index (χ4v) is 5.05. The van der Waals surface area contributed by atoms with E-state index >= 15 is 0 Å². The van der Waals surface area contributed by atoms with Crippen molar-refractivity contribution in [2.45, 2.75) is 26.8 Å². The number of rotatable bonds is 3. The van der Waals surface area contributed by atoms with Gasteiger partial charge in [-0.15, -0.1) is 0 Å². The molecule has 160 valence electrons. The quantitative estimate of drug-likeness (QED) is 0.414. The second-order valence-corrected chi connectivity index (χ2v) is 8.75. The third-order valence-corrected chi connectivity index (χ3v) is 6.78. The zero-order valence-electron chi connectivity index (χ0n) is 17.4. The summed E-state index contributed by atoms with van der Waals surface area (Å²) >= 11 is 1.08. The number of Topliss-reactive ketones (excluding diaryl/α,β-unsaturated/α-hetero) is 1. The Labute approximate surface area is 185 Å². The average Bonchev–Trinajstić information content (AvgIpc) is 3.27. The van der Waals surface area contributed by atoms with Gasteiger partial charge in [-0.05, 0) is 43.7 Å². The van der Waals surface area contributed by atoms with Crippen LogP contribution in [0.3, 0.4) is 0 Å². The highest BCUT2D eigenvalue weighted by atomic mass is 32.1. The maximum absolute atomic E-state index is 13.6. The molecule has 0 fully saturated rings. The van der Waals surface area contributed by atoms with Crippen molar-refractivity contribution in [3.63, 3.8) is 0 Å². The van der Waals surface area contributed by atoms with Gasteiger partial charge in [0.05, 0.1) is 27.6 Å². The molecule has 1 atom stereocenters. The summed E-state index contributed by atoms with van der Waals surface area (Å²) in [5, 5.41) is 0.642. The van der Waals surface area contributed by atoms with E-state index in [0.717, 1.165) is 16.9 Å². The van der Waals surface area contributed by atoms with Crippen molar-refractivity contribution < 1.29 is 18.4 Å². The van der Waals surface area contributed by atoms with Crippen molar-refractivity contribution in [2.24, 2.45) is 0 Å². The van der Waals surface area contributed by atoms with Crippen LogP contribution in [0.5, 0.6) is 0 Å². The molecule has 4 aromatic rings. The van der Waals surface area contributed by atoms with Crippen LogP contribution < -0.4 is 10.3 Å². The molecule has 2 aromatic carbocycles. The Morgan fingerprint density at radius 3 is 2.50 bits per heavy atom. The third kappa shape index (κ3) is 2.98. The fraction of sp³-hybridized carbons (Fsp3) is 0.167. The molecule has 1 unspecified atom stereocenters. The molecule has 0 spiro atoms. The first-order chi connectivity index (χ1) is 15.3. The van der Waals surface area contributed by atoms with Gasteiger partial charge in [0.15, 0.2) is 16.3 Å². The number of hydrogen-bond donors (Lipinski definition) is 0. The van der Waals surface area contributed by atoms with Gasteiger partial charge in [-0.1, -0.05) is 35.1 Å². The van der Waals surface area contributed by atoms with Crippen LogP contribution in [-0.2, 0) is 0 Å². The number of carbonyl (C=O) groups is 2. The first-order valence-corrected chi connectivity index (χ1v) is 10.7. The van der Waals surface area contributed by atoms with E-state index < -0.39 is 17.8 Å². The maximum Gasteiger partial charge on any atom is 0.297 e. The lowest BCUT2D eigenvalue weighted by atomic mass is 9.98. The standard InChI is InChI=1S/C24H17FN2O4S/c1-11-4-9-17-16(10-11)20(29)18-19(14-5-7-15(25)8-6-14)27(23(30)21(18)31-17)24-26-12(2)22(32-24)13(3)28/h4-10,19H,1-3H3. The molecule has 0 saturated heterocycles. The highest BCUT2D eigenvalue weighted by molar-refractivity contribution is 7.17. The first-order valence-electron chi connectivity index (χ1n) is 9.91. The summed E-state index contributed by atoms with van der Waals surface area (Å²) in [7, 11) is 0. The van der Waals surface area contributed by atoms with Crippen LogP contribution in [0, 0.1) is 19.7 Å². The number of benzene rings is 2. The summed E-state index contributed by atoms with van der Waals surface area (Å²) in [5.41, 5.74) is 2.08. The number of carbonyl (C=O) groups excluding carboxylic acids is 2. The van der Waals surface area contributed by atoms with Crippen molar-refractivity contribution >= 4 is 39.1 Å². The fourth-order valence-electron chi connectivity index (χ4n) is 4.06. The Morgan fingerprint density at radius 2 is 1.84 bits per heavy atom. The minimum absolute atomic E-state index is 0.0714. The molecule has 8 heteroatoms. The molecule has 32 heavy (non-hydrogen) atoms. The number of halogens is 1. The molecular weight excluding hydrogens is 431 g/mol. The van der Waals surface area contributed by atoms with E-state index in [0.29, 0.717) is 27.1 Å². The van der Waals surface area contributed by atoms with Crippen LogP contribution in [0.1, 0.15) is 55.6 Å². The number of hydrogen-bond acceptors (Lipinski definition) is 6. The lowest BCUT2D eigenvalue weighted by Gasteiger charge is -2.22. The first kappa shape index (κ1) is 20.3. The summed E-state index contributed by atoms with van der Waals surface area (Å²) in [6, 6.07) is 9.94. The number of aromatic nitrogens is 1. The van der Waals surface area contributed by atoms with Gasteiger partial charge in [-0.25, -0.2) is 9.37 Å². The lowest BCUT2D eigenvalue weighted by molar-refractivity contribution is 0.0969. The van der Waals surface area contributed by atoms with Gasteiger partial charge in [0.25, 0.3) is 5.91 Å². The largest absolute Gasteiger partial charge is 0.450 e. The van der Waals surface area contributed by atoms with Gasteiger partial charge in [0.2, 0.25) is 5.76 Å². The maximum atomic E-state index is 13.6. The predicted octanol–water partition coefficient (Wildman–Crippen LogP) is 4.96.